The SMILES string of the molecule is C/C=C\c1c(N)oc2c1ccc1cc(Cl)ccc12. The molecule has 2 nitrogen and oxygen atoms in total. The number of furan rings is 1. The van der Waals surface area contributed by atoms with Crippen molar-refractivity contribution in [1.82, 2.24) is 0 Å². The number of benzene rings is 2. The van der Waals surface area contributed by atoms with Crippen molar-refractivity contribution in [3.63, 3.8) is 0 Å². The number of hydrogen-bond acceptors (Lipinski definition) is 2. The smallest absolute Gasteiger partial charge is 0.198 e. The molecule has 18 heavy (non-hydrogen) atoms. The van der Waals surface area contributed by atoms with Gasteiger partial charge in [0.2, 0.25) is 0 Å². The van der Waals surface area contributed by atoms with Crippen LogP contribution in [0, 0.1) is 0 Å². The molecule has 90 valence electrons. The number of anilines is 1. The second-order valence-electron chi connectivity index (χ2n) is 4.19. The standard InChI is InChI=1S/C15H12ClNO/c1-2-3-13-12-6-4-9-8-10(16)5-7-11(9)14(12)18-15(13)17/h2-8H,17H2,1H3/b3-2-. The highest BCUT2D eigenvalue weighted by molar-refractivity contribution is 6.31. The van der Waals surface area contributed by atoms with Crippen LogP contribution in [0.2, 0.25) is 5.02 Å². The molecular weight excluding hydrogens is 246 g/mol. The molecule has 0 bridgehead atoms. The highest BCUT2D eigenvalue weighted by Crippen LogP contribution is 2.35. The van der Waals surface area contributed by atoms with Gasteiger partial charge in [0.25, 0.3) is 0 Å². The van der Waals surface area contributed by atoms with E-state index in [9.17, 15) is 0 Å². The van der Waals surface area contributed by atoms with E-state index in [2.05, 4.69) is 0 Å². The molecule has 0 aliphatic carbocycles. The Morgan fingerprint density at radius 3 is 2.72 bits per heavy atom. The minimum absolute atomic E-state index is 0.450. The lowest BCUT2D eigenvalue weighted by molar-refractivity contribution is 0.640. The monoisotopic (exact) mass is 257 g/mol. The minimum Gasteiger partial charge on any atom is -0.440 e. The molecule has 0 unspecified atom stereocenters. The molecule has 0 saturated carbocycles. The van der Waals surface area contributed by atoms with Crippen LogP contribution in [-0.2, 0) is 0 Å². The van der Waals surface area contributed by atoms with E-state index in [4.69, 9.17) is 21.8 Å². The molecule has 3 heteroatoms. The summed E-state index contributed by atoms with van der Waals surface area (Å²) >= 11 is 5.99. The third-order valence-electron chi connectivity index (χ3n) is 3.03. The first-order valence-electron chi connectivity index (χ1n) is 5.73. The number of fused-ring (bicyclic) bond motifs is 3. The van der Waals surface area contributed by atoms with Gasteiger partial charge in [-0.25, -0.2) is 0 Å². The zero-order valence-electron chi connectivity index (χ0n) is 9.91. The number of rotatable bonds is 1. The van der Waals surface area contributed by atoms with Gasteiger partial charge in [-0.3, -0.25) is 0 Å². The van der Waals surface area contributed by atoms with Gasteiger partial charge < -0.3 is 10.2 Å². The Morgan fingerprint density at radius 2 is 1.94 bits per heavy atom. The van der Waals surface area contributed by atoms with Crippen molar-refractivity contribution >= 4 is 45.3 Å². The summed E-state index contributed by atoms with van der Waals surface area (Å²) in [6.07, 6.45) is 3.91. The van der Waals surface area contributed by atoms with Crippen LogP contribution in [0.3, 0.4) is 0 Å². The van der Waals surface area contributed by atoms with E-state index in [-0.39, 0.29) is 0 Å². The van der Waals surface area contributed by atoms with Gasteiger partial charge in [0.1, 0.15) is 5.58 Å². The first kappa shape index (κ1) is 11.2. The number of nitrogens with two attached hydrogens (primary N) is 1. The number of hydrogen-bond donors (Lipinski definition) is 1. The summed E-state index contributed by atoms with van der Waals surface area (Å²) in [5.74, 6) is 0.450. The topological polar surface area (TPSA) is 39.2 Å². The lowest BCUT2D eigenvalue weighted by atomic mass is 10.1. The third-order valence-corrected chi connectivity index (χ3v) is 3.27. The van der Waals surface area contributed by atoms with Crippen molar-refractivity contribution in [2.24, 2.45) is 0 Å². The number of nitrogen functional groups attached to an aromatic ring is 1. The fourth-order valence-electron chi connectivity index (χ4n) is 2.23. The molecule has 0 radical (unpaired) electrons. The maximum absolute atomic E-state index is 5.99. The summed E-state index contributed by atoms with van der Waals surface area (Å²) in [4.78, 5) is 0. The second kappa shape index (κ2) is 4.07. The Balaban J connectivity index is 2.45. The van der Waals surface area contributed by atoms with E-state index in [1.54, 1.807) is 0 Å². The molecule has 2 N–H and O–H groups in total. The van der Waals surface area contributed by atoms with Crippen molar-refractivity contribution in [2.75, 3.05) is 5.73 Å². The summed E-state index contributed by atoms with van der Waals surface area (Å²) in [5, 5.41) is 3.82. The molecule has 0 fully saturated rings. The fourth-order valence-corrected chi connectivity index (χ4v) is 2.41. The summed E-state index contributed by atoms with van der Waals surface area (Å²) < 4.78 is 5.69. The first-order chi connectivity index (χ1) is 8.70. The van der Waals surface area contributed by atoms with Crippen molar-refractivity contribution in [3.8, 4) is 0 Å². The molecular formula is C15H12ClNO. The Bertz CT molecular complexity index is 771. The fraction of sp³-hybridized carbons (Fsp3) is 0.0667. The normalized spacial score (nSPS) is 11.9. The molecule has 2 aromatic carbocycles. The second-order valence-corrected chi connectivity index (χ2v) is 4.62. The Morgan fingerprint density at radius 1 is 1.17 bits per heavy atom. The van der Waals surface area contributed by atoms with Gasteiger partial charge in [0.15, 0.2) is 5.88 Å². The third kappa shape index (κ3) is 1.57. The molecule has 0 aliphatic heterocycles. The van der Waals surface area contributed by atoms with E-state index < -0.39 is 0 Å². The minimum atomic E-state index is 0.450. The van der Waals surface area contributed by atoms with E-state index in [0.717, 1.165) is 32.3 Å². The van der Waals surface area contributed by atoms with Crippen LogP contribution in [-0.4, -0.2) is 0 Å². The highest BCUT2D eigenvalue weighted by Gasteiger charge is 2.11. The van der Waals surface area contributed by atoms with Crippen LogP contribution in [0.4, 0.5) is 5.88 Å². The van der Waals surface area contributed by atoms with Gasteiger partial charge in [-0.15, -0.1) is 0 Å². The number of allylic oxidation sites excluding steroid dienone is 1. The largest absolute Gasteiger partial charge is 0.440 e. The van der Waals surface area contributed by atoms with Crippen LogP contribution in [0.15, 0.2) is 40.8 Å². The maximum atomic E-state index is 5.99. The Hall–Kier alpha value is -1.93. The van der Waals surface area contributed by atoms with Gasteiger partial charge in [-0.1, -0.05) is 29.8 Å². The molecule has 0 saturated heterocycles. The first-order valence-corrected chi connectivity index (χ1v) is 6.11. The summed E-state index contributed by atoms with van der Waals surface area (Å²) in [6, 6.07) is 9.79. The van der Waals surface area contributed by atoms with Gasteiger partial charge in [0, 0.05) is 21.4 Å². The quantitative estimate of drug-likeness (QED) is 0.676. The molecule has 3 aromatic rings. The van der Waals surface area contributed by atoms with Crippen LogP contribution in [0.5, 0.6) is 0 Å². The van der Waals surface area contributed by atoms with Crippen molar-refractivity contribution < 1.29 is 4.42 Å². The average Bonchev–Trinajstić information content (AvgIpc) is 2.66. The molecule has 1 aromatic heterocycles. The average molecular weight is 258 g/mol. The van der Waals surface area contributed by atoms with E-state index in [0.29, 0.717) is 5.88 Å². The van der Waals surface area contributed by atoms with Crippen molar-refractivity contribution in [1.29, 1.82) is 0 Å². The van der Waals surface area contributed by atoms with Crippen LogP contribution >= 0.6 is 11.6 Å². The predicted octanol–water partition coefficient (Wildman–Crippen LogP) is 4.85. The van der Waals surface area contributed by atoms with Gasteiger partial charge in [0.05, 0.1) is 0 Å². The summed E-state index contributed by atoms with van der Waals surface area (Å²) in [6.45, 7) is 1.96. The van der Waals surface area contributed by atoms with Gasteiger partial charge >= 0.3 is 0 Å². The maximum Gasteiger partial charge on any atom is 0.198 e. The highest BCUT2D eigenvalue weighted by atomic mass is 35.5. The predicted molar refractivity (Wildman–Crippen MR) is 77.9 cm³/mol. The molecule has 3 rings (SSSR count). The van der Waals surface area contributed by atoms with Gasteiger partial charge in [-0.05, 0) is 36.6 Å². The summed E-state index contributed by atoms with van der Waals surface area (Å²) in [5.41, 5.74) is 7.67. The van der Waals surface area contributed by atoms with Crippen LogP contribution < -0.4 is 5.73 Å². The Kier molecular flexibility index (Phi) is 2.53. The van der Waals surface area contributed by atoms with E-state index in [1.165, 1.54) is 0 Å². The Labute approximate surface area is 110 Å². The molecule has 1 heterocycles. The lowest BCUT2D eigenvalue weighted by Crippen LogP contribution is -1.82. The van der Waals surface area contributed by atoms with Crippen LogP contribution in [0.25, 0.3) is 27.8 Å². The van der Waals surface area contributed by atoms with Crippen molar-refractivity contribution in [3.05, 3.63) is 47.0 Å². The molecule has 0 amide bonds. The van der Waals surface area contributed by atoms with E-state index >= 15 is 0 Å². The van der Waals surface area contributed by atoms with Gasteiger partial charge in [-0.2, -0.15) is 0 Å². The zero-order chi connectivity index (χ0) is 12.7. The van der Waals surface area contributed by atoms with Crippen LogP contribution in [0.1, 0.15) is 12.5 Å². The summed E-state index contributed by atoms with van der Waals surface area (Å²) in [7, 11) is 0. The van der Waals surface area contributed by atoms with E-state index in [1.807, 2.05) is 49.4 Å². The molecule has 0 spiro atoms. The molecule has 0 aliphatic rings. The van der Waals surface area contributed by atoms with Crippen molar-refractivity contribution in [2.45, 2.75) is 6.92 Å². The zero-order valence-corrected chi connectivity index (χ0v) is 10.7. The molecule has 0 atom stereocenters. The lowest BCUT2D eigenvalue weighted by Gasteiger charge is -1.99. The number of halogens is 1.